The minimum absolute atomic E-state index is 0.0341. The molecule has 1 saturated heterocycles. The summed E-state index contributed by atoms with van der Waals surface area (Å²) in [6, 6.07) is 0. The van der Waals surface area contributed by atoms with Crippen molar-refractivity contribution in [3.8, 4) is 0 Å². The van der Waals surface area contributed by atoms with Gasteiger partial charge in [0, 0.05) is 38.4 Å². The van der Waals surface area contributed by atoms with E-state index in [0.717, 1.165) is 74.0 Å². The second-order valence-corrected chi connectivity index (χ2v) is 17.1. The van der Waals surface area contributed by atoms with E-state index < -0.39 is 6.10 Å². The molecule has 0 aromatic rings. The molecule has 0 aromatic heterocycles. The first kappa shape index (κ1) is 35.7. The molecule has 1 aliphatic heterocycles. The van der Waals surface area contributed by atoms with Crippen molar-refractivity contribution >= 4 is 12.0 Å². The maximum atomic E-state index is 12.7. The molecule has 5 unspecified atom stereocenters. The fourth-order valence-electron chi connectivity index (χ4n) is 11.1. The predicted molar refractivity (Wildman–Crippen MR) is 183 cm³/mol. The highest BCUT2D eigenvalue weighted by atomic mass is 16.6. The number of β-amino-alcohol motifs (C(OH)–C–C–N with tert-alkyl or cyclic N) is 1. The van der Waals surface area contributed by atoms with Crippen LogP contribution in [0.2, 0.25) is 0 Å². The van der Waals surface area contributed by atoms with Crippen molar-refractivity contribution in [3.63, 3.8) is 0 Å². The van der Waals surface area contributed by atoms with Gasteiger partial charge in [-0.1, -0.05) is 72.0 Å². The summed E-state index contributed by atoms with van der Waals surface area (Å²) in [5, 5.41) is 22.2. The van der Waals surface area contributed by atoms with Crippen LogP contribution in [0.1, 0.15) is 131 Å². The zero-order chi connectivity index (χ0) is 33.1. The second kappa shape index (κ2) is 15.3. The molecular weight excluding hydrogens is 576 g/mol. The van der Waals surface area contributed by atoms with Gasteiger partial charge in [0.25, 0.3) is 0 Å². The number of carbonyl (C=O) groups is 2. The van der Waals surface area contributed by atoms with Crippen molar-refractivity contribution in [1.82, 2.24) is 10.2 Å². The lowest BCUT2D eigenvalue weighted by Crippen LogP contribution is -2.51. The molecule has 10 atom stereocenters. The van der Waals surface area contributed by atoms with E-state index in [1.165, 1.54) is 51.4 Å². The van der Waals surface area contributed by atoms with Crippen LogP contribution in [0.15, 0.2) is 11.6 Å². The van der Waals surface area contributed by atoms with Crippen molar-refractivity contribution in [2.24, 2.45) is 52.3 Å². The third-order valence-electron chi connectivity index (χ3n) is 13.9. The number of hydrogen-bond donors (Lipinski definition) is 3. The molecule has 0 radical (unpaired) electrons. The van der Waals surface area contributed by atoms with Gasteiger partial charge in [0.05, 0.1) is 12.7 Å². The molecule has 0 aromatic carbocycles. The summed E-state index contributed by atoms with van der Waals surface area (Å²) in [7, 11) is 0. The van der Waals surface area contributed by atoms with E-state index in [2.05, 4.69) is 46.0 Å². The van der Waals surface area contributed by atoms with Crippen LogP contribution in [0.4, 0.5) is 4.79 Å². The summed E-state index contributed by atoms with van der Waals surface area (Å²) in [6.45, 7) is 13.7. The number of aliphatic hydroxyl groups excluding tert-OH is 2. The second-order valence-electron chi connectivity index (χ2n) is 17.1. The molecule has 0 spiro atoms. The van der Waals surface area contributed by atoms with Gasteiger partial charge in [-0.2, -0.15) is 0 Å². The summed E-state index contributed by atoms with van der Waals surface area (Å²) >= 11 is 0. The predicted octanol–water partition coefficient (Wildman–Crippen LogP) is 7.49. The van der Waals surface area contributed by atoms with Gasteiger partial charge in [-0.3, -0.25) is 4.79 Å². The van der Waals surface area contributed by atoms with Crippen molar-refractivity contribution in [3.05, 3.63) is 11.6 Å². The minimum Gasteiger partial charge on any atom is -0.446 e. The molecule has 0 bridgehead atoms. The molecule has 7 heteroatoms. The summed E-state index contributed by atoms with van der Waals surface area (Å²) < 4.78 is 5.94. The van der Waals surface area contributed by atoms with Gasteiger partial charge in [-0.25, -0.2) is 4.79 Å². The average Bonchev–Trinajstić information content (AvgIpc) is 3.58. The molecule has 7 nitrogen and oxygen atoms in total. The number of rotatable bonds is 13. The van der Waals surface area contributed by atoms with Crippen molar-refractivity contribution in [2.75, 3.05) is 26.2 Å². The van der Waals surface area contributed by atoms with Gasteiger partial charge >= 0.3 is 6.09 Å². The van der Waals surface area contributed by atoms with Crippen LogP contribution in [0.5, 0.6) is 0 Å². The number of hydrogen-bond acceptors (Lipinski definition) is 5. The fraction of sp³-hybridized carbons (Fsp3) is 0.897. The topological polar surface area (TPSA) is 99.1 Å². The van der Waals surface area contributed by atoms with E-state index in [4.69, 9.17) is 4.74 Å². The SMILES string of the molecule is CC(C)CCC[C@H](C)[C@H]1CCC2C3CC=C4C[C@@H](OC(=O)NCCCCCC(=O)N5CC(O)C(CO)C5)CC[C@]4(C)C3CC[C@@]21C. The highest BCUT2D eigenvalue weighted by Gasteiger charge is 2.59. The molecule has 262 valence electrons. The van der Waals surface area contributed by atoms with Crippen molar-refractivity contribution in [2.45, 2.75) is 143 Å². The highest BCUT2D eigenvalue weighted by Crippen LogP contribution is 2.67. The Morgan fingerprint density at radius 3 is 2.54 bits per heavy atom. The first-order chi connectivity index (χ1) is 22.0. The molecule has 3 saturated carbocycles. The van der Waals surface area contributed by atoms with Crippen LogP contribution in [0, 0.1) is 52.3 Å². The number of aliphatic hydroxyl groups is 2. The van der Waals surface area contributed by atoms with Gasteiger partial charge in [0.2, 0.25) is 5.91 Å². The number of fused-ring (bicyclic) bond motifs is 5. The normalized spacial score (nSPS) is 37.7. The van der Waals surface area contributed by atoms with E-state index in [1.54, 1.807) is 10.5 Å². The molecule has 2 amide bonds. The summed E-state index contributed by atoms with van der Waals surface area (Å²) in [5.74, 6) is 4.80. The van der Waals surface area contributed by atoms with E-state index in [0.29, 0.717) is 31.5 Å². The van der Waals surface area contributed by atoms with E-state index >= 15 is 0 Å². The highest BCUT2D eigenvalue weighted by molar-refractivity contribution is 5.76. The number of alkyl carbamates (subject to hydrolysis) is 1. The third kappa shape index (κ3) is 7.66. The van der Waals surface area contributed by atoms with Crippen molar-refractivity contribution in [1.29, 1.82) is 0 Å². The Morgan fingerprint density at radius 1 is 1.00 bits per heavy atom. The van der Waals surface area contributed by atoms with Gasteiger partial charge in [0.1, 0.15) is 6.10 Å². The minimum atomic E-state index is -0.630. The smallest absolute Gasteiger partial charge is 0.407 e. The van der Waals surface area contributed by atoms with Crippen LogP contribution in [0.25, 0.3) is 0 Å². The van der Waals surface area contributed by atoms with Gasteiger partial charge in [0.15, 0.2) is 0 Å². The van der Waals surface area contributed by atoms with E-state index in [9.17, 15) is 19.8 Å². The third-order valence-corrected chi connectivity index (χ3v) is 13.9. The van der Waals surface area contributed by atoms with Crippen molar-refractivity contribution < 1.29 is 24.5 Å². The molecule has 5 rings (SSSR count). The number of nitrogens with one attached hydrogen (secondary N) is 1. The Morgan fingerprint density at radius 2 is 1.80 bits per heavy atom. The molecule has 1 heterocycles. The quantitative estimate of drug-likeness (QED) is 0.143. The largest absolute Gasteiger partial charge is 0.446 e. The number of carbonyl (C=O) groups excluding carboxylic acids is 2. The Hall–Kier alpha value is -1.60. The molecule has 46 heavy (non-hydrogen) atoms. The van der Waals surface area contributed by atoms with Gasteiger partial charge in [-0.15, -0.1) is 0 Å². The number of amides is 2. The summed E-state index contributed by atoms with van der Waals surface area (Å²) in [6.07, 6.45) is 18.4. The Kier molecular flexibility index (Phi) is 11.9. The van der Waals surface area contributed by atoms with Crippen LogP contribution in [-0.4, -0.2) is 65.6 Å². The number of allylic oxidation sites excluding steroid dienone is 1. The summed E-state index contributed by atoms with van der Waals surface area (Å²) in [4.78, 5) is 26.7. The fourth-order valence-corrected chi connectivity index (χ4v) is 11.1. The maximum Gasteiger partial charge on any atom is 0.407 e. The standard InChI is InChI=1S/C39H66N2O5/c1-26(2)10-9-11-27(3)32-15-16-33-31-14-13-29-22-30(17-19-38(29,4)34(31)18-20-39(32,33)5)46-37(45)40-21-8-6-7-12-36(44)41-23-28(25-42)35(43)24-41/h13,26-28,30-35,42-43H,6-12,14-25H2,1-5H3,(H,40,45)/t27-,28?,30-,31?,32+,33?,34?,35?,38-,39+/m0/s1. The maximum absolute atomic E-state index is 12.7. The number of unbranched alkanes of at least 4 members (excludes halogenated alkanes) is 2. The van der Waals surface area contributed by atoms with Gasteiger partial charge in [-0.05, 0) is 104 Å². The average molecular weight is 643 g/mol. The molecule has 5 aliphatic rings. The summed E-state index contributed by atoms with van der Waals surface area (Å²) in [5.41, 5.74) is 2.32. The number of nitrogens with zero attached hydrogens (tertiary/aromatic N) is 1. The molecular formula is C39H66N2O5. The zero-order valence-electron chi connectivity index (χ0n) is 29.8. The van der Waals surface area contributed by atoms with Crippen LogP contribution < -0.4 is 5.32 Å². The lowest BCUT2D eigenvalue weighted by Gasteiger charge is -2.58. The van der Waals surface area contributed by atoms with E-state index in [-0.39, 0.29) is 36.0 Å². The first-order valence-corrected chi connectivity index (χ1v) is 19.2. The Balaban J connectivity index is 1.03. The lowest BCUT2D eigenvalue weighted by molar-refractivity contribution is -0.130. The van der Waals surface area contributed by atoms with Crippen LogP contribution >= 0.6 is 0 Å². The Bertz CT molecular complexity index is 1080. The molecule has 4 fully saturated rings. The lowest BCUT2D eigenvalue weighted by atomic mass is 9.47. The Labute approximate surface area is 279 Å². The van der Waals surface area contributed by atoms with Crippen LogP contribution in [-0.2, 0) is 9.53 Å². The molecule has 3 N–H and O–H groups in total. The van der Waals surface area contributed by atoms with Crippen LogP contribution in [0.3, 0.4) is 0 Å². The number of likely N-dealkylation sites (tertiary alicyclic amines) is 1. The monoisotopic (exact) mass is 642 g/mol. The van der Waals surface area contributed by atoms with E-state index in [1.807, 2.05) is 0 Å². The van der Waals surface area contributed by atoms with Gasteiger partial charge < -0.3 is 25.2 Å². The number of ether oxygens (including phenoxy) is 1. The zero-order valence-corrected chi connectivity index (χ0v) is 29.8. The first-order valence-electron chi connectivity index (χ1n) is 19.2. The molecule has 4 aliphatic carbocycles.